The van der Waals surface area contributed by atoms with Crippen LogP contribution in [0.2, 0.25) is 0 Å². The molecule has 0 radical (unpaired) electrons. The second-order valence-corrected chi connectivity index (χ2v) is 8.61. The lowest BCUT2D eigenvalue weighted by molar-refractivity contribution is -0.117. The summed E-state index contributed by atoms with van der Waals surface area (Å²) in [6, 6.07) is 7.21. The maximum Gasteiger partial charge on any atom is 0.226 e. The van der Waals surface area contributed by atoms with E-state index in [1.165, 1.54) is 6.07 Å². The van der Waals surface area contributed by atoms with E-state index >= 15 is 0 Å². The Kier molecular flexibility index (Phi) is 4.64. The molecule has 0 aromatic carbocycles. The Balaban J connectivity index is 1.84. The summed E-state index contributed by atoms with van der Waals surface area (Å²) < 4.78 is 15.2. The van der Waals surface area contributed by atoms with Gasteiger partial charge < -0.3 is 9.88 Å². The van der Waals surface area contributed by atoms with Gasteiger partial charge in [0, 0.05) is 17.5 Å². The zero-order valence-electron chi connectivity index (χ0n) is 14.9. The van der Waals surface area contributed by atoms with E-state index in [0.29, 0.717) is 18.8 Å². The molecule has 1 N–H and O–H groups in total. The maximum atomic E-state index is 13.2. The van der Waals surface area contributed by atoms with Crippen LogP contribution in [0.3, 0.4) is 0 Å². The molecule has 6 heteroatoms. The van der Waals surface area contributed by atoms with Crippen LogP contribution < -0.4 is 5.32 Å². The summed E-state index contributed by atoms with van der Waals surface area (Å²) in [6.45, 7) is 8.63. The summed E-state index contributed by atoms with van der Waals surface area (Å²) in [6.07, 6.45) is 2.38. The van der Waals surface area contributed by atoms with E-state index in [2.05, 4.69) is 10.3 Å². The van der Waals surface area contributed by atoms with Crippen molar-refractivity contribution in [3.05, 3.63) is 46.0 Å². The van der Waals surface area contributed by atoms with E-state index in [1.807, 2.05) is 50.6 Å². The highest BCUT2D eigenvalue weighted by molar-refractivity contribution is 7.10. The van der Waals surface area contributed by atoms with E-state index in [0.717, 1.165) is 32.8 Å². The molecule has 0 bridgehead atoms. The molecule has 0 aliphatic rings. The fraction of sp³-hybridized carbons (Fsp3) is 0.368. The molecular formula is C19H22FN3OS. The van der Waals surface area contributed by atoms with Crippen molar-refractivity contribution in [2.75, 3.05) is 5.32 Å². The van der Waals surface area contributed by atoms with Crippen LogP contribution in [0.15, 0.2) is 30.5 Å². The number of carbonyl (C=O) groups is 1. The molecule has 0 spiro atoms. The molecule has 1 amide bonds. The Bertz CT molecular complexity index is 921. The van der Waals surface area contributed by atoms with Gasteiger partial charge in [-0.15, -0.1) is 11.3 Å². The van der Waals surface area contributed by atoms with E-state index in [4.69, 9.17) is 0 Å². The van der Waals surface area contributed by atoms with Crippen LogP contribution in [0.25, 0.3) is 11.0 Å². The largest absolute Gasteiger partial charge is 0.341 e. The van der Waals surface area contributed by atoms with Crippen molar-refractivity contribution in [3.8, 4) is 0 Å². The minimum absolute atomic E-state index is 0.0315. The summed E-state index contributed by atoms with van der Waals surface area (Å²) in [5.74, 6) is 0.567. The quantitative estimate of drug-likeness (QED) is 0.715. The van der Waals surface area contributed by atoms with Crippen LogP contribution in [-0.2, 0) is 11.3 Å². The van der Waals surface area contributed by atoms with Crippen molar-refractivity contribution in [1.82, 2.24) is 9.55 Å². The Morgan fingerprint density at radius 2 is 2.08 bits per heavy atom. The summed E-state index contributed by atoms with van der Waals surface area (Å²) in [4.78, 5) is 17.7. The lowest BCUT2D eigenvalue weighted by atomic mass is 9.92. The second kappa shape index (κ2) is 6.59. The molecule has 3 rings (SSSR count). The van der Waals surface area contributed by atoms with Crippen molar-refractivity contribution in [3.63, 3.8) is 0 Å². The van der Waals surface area contributed by atoms with Gasteiger partial charge >= 0.3 is 0 Å². The molecule has 132 valence electrons. The van der Waals surface area contributed by atoms with Crippen molar-refractivity contribution >= 4 is 34.1 Å². The topological polar surface area (TPSA) is 46.9 Å². The van der Waals surface area contributed by atoms with Crippen LogP contribution in [0, 0.1) is 17.5 Å². The smallest absolute Gasteiger partial charge is 0.226 e. The first-order chi connectivity index (χ1) is 11.7. The molecule has 25 heavy (non-hydrogen) atoms. The van der Waals surface area contributed by atoms with Gasteiger partial charge in [-0.3, -0.25) is 4.79 Å². The summed E-state index contributed by atoms with van der Waals surface area (Å²) >= 11 is 1.15. The Morgan fingerprint density at radius 3 is 2.72 bits per heavy atom. The Labute approximate surface area is 150 Å². The number of halogens is 1. The van der Waals surface area contributed by atoms with Crippen molar-refractivity contribution < 1.29 is 9.18 Å². The zero-order chi connectivity index (χ0) is 18.2. The standard InChI is InChI=1S/C19H22FN3OS/c1-12-9-15-14(21-18(12)22-17(24)10-19(2,3)4)7-8-23(15)11-13-5-6-16(20)25-13/h5-9H,10-11H2,1-4H3,(H,21,22,24). The molecule has 3 heterocycles. The number of fused-ring (bicyclic) bond motifs is 1. The zero-order valence-corrected chi connectivity index (χ0v) is 15.7. The van der Waals surface area contributed by atoms with Gasteiger partial charge in [-0.05, 0) is 42.2 Å². The predicted octanol–water partition coefficient (Wildman–Crippen LogP) is 4.97. The molecule has 0 atom stereocenters. The highest BCUT2D eigenvalue weighted by Crippen LogP contribution is 2.25. The monoisotopic (exact) mass is 359 g/mol. The Hall–Kier alpha value is -2.21. The molecular weight excluding hydrogens is 337 g/mol. The first-order valence-corrected chi connectivity index (χ1v) is 9.03. The molecule has 0 unspecified atom stereocenters. The van der Waals surface area contributed by atoms with Gasteiger partial charge in [0.1, 0.15) is 5.82 Å². The predicted molar refractivity (Wildman–Crippen MR) is 101 cm³/mol. The number of thiophene rings is 1. The van der Waals surface area contributed by atoms with Gasteiger partial charge in [0.05, 0.1) is 17.6 Å². The van der Waals surface area contributed by atoms with Gasteiger partial charge in [0.25, 0.3) is 0 Å². The molecule has 0 saturated heterocycles. The normalized spacial score (nSPS) is 11.9. The summed E-state index contributed by atoms with van der Waals surface area (Å²) in [7, 11) is 0. The average Bonchev–Trinajstić information content (AvgIpc) is 3.05. The number of amides is 1. The van der Waals surface area contributed by atoms with Crippen molar-refractivity contribution in [1.29, 1.82) is 0 Å². The number of aryl methyl sites for hydroxylation is 1. The first kappa shape index (κ1) is 17.6. The highest BCUT2D eigenvalue weighted by Gasteiger charge is 2.17. The third kappa shape index (κ3) is 4.25. The number of anilines is 1. The Morgan fingerprint density at radius 1 is 1.32 bits per heavy atom. The van der Waals surface area contributed by atoms with Crippen LogP contribution in [0.4, 0.5) is 10.2 Å². The first-order valence-electron chi connectivity index (χ1n) is 8.22. The fourth-order valence-electron chi connectivity index (χ4n) is 2.73. The molecule has 0 aliphatic heterocycles. The number of hydrogen-bond acceptors (Lipinski definition) is 3. The number of nitrogens with zero attached hydrogens (tertiary/aromatic N) is 2. The van der Waals surface area contributed by atoms with Crippen LogP contribution >= 0.6 is 11.3 Å². The third-order valence-electron chi connectivity index (χ3n) is 3.85. The number of rotatable bonds is 4. The van der Waals surface area contributed by atoms with E-state index in [1.54, 1.807) is 6.07 Å². The van der Waals surface area contributed by atoms with E-state index in [9.17, 15) is 9.18 Å². The van der Waals surface area contributed by atoms with E-state index in [-0.39, 0.29) is 16.5 Å². The second-order valence-electron chi connectivity index (χ2n) is 7.49. The van der Waals surface area contributed by atoms with Gasteiger partial charge in [-0.2, -0.15) is 4.39 Å². The minimum atomic E-state index is -0.176. The molecule has 0 fully saturated rings. The SMILES string of the molecule is Cc1cc2c(ccn2Cc2ccc(F)s2)nc1NC(=O)CC(C)(C)C. The third-order valence-corrected chi connectivity index (χ3v) is 4.71. The number of nitrogens with one attached hydrogen (secondary N) is 1. The van der Waals surface area contributed by atoms with Crippen LogP contribution in [0.1, 0.15) is 37.6 Å². The number of hydrogen-bond donors (Lipinski definition) is 1. The lowest BCUT2D eigenvalue weighted by Crippen LogP contribution is -2.20. The minimum Gasteiger partial charge on any atom is -0.341 e. The number of carbonyl (C=O) groups excluding carboxylic acids is 1. The molecule has 3 aromatic heterocycles. The van der Waals surface area contributed by atoms with Crippen LogP contribution in [-0.4, -0.2) is 15.5 Å². The molecule has 0 aliphatic carbocycles. The summed E-state index contributed by atoms with van der Waals surface area (Å²) in [5.41, 5.74) is 2.63. The average molecular weight is 359 g/mol. The van der Waals surface area contributed by atoms with Gasteiger partial charge in [-0.1, -0.05) is 20.8 Å². The van der Waals surface area contributed by atoms with Gasteiger partial charge in [-0.25, -0.2) is 4.98 Å². The van der Waals surface area contributed by atoms with Crippen molar-refractivity contribution in [2.24, 2.45) is 5.41 Å². The van der Waals surface area contributed by atoms with Crippen LogP contribution in [0.5, 0.6) is 0 Å². The maximum absolute atomic E-state index is 13.2. The molecule has 0 saturated carbocycles. The lowest BCUT2D eigenvalue weighted by Gasteiger charge is -2.17. The van der Waals surface area contributed by atoms with Crippen molar-refractivity contribution in [2.45, 2.75) is 40.7 Å². The summed E-state index contributed by atoms with van der Waals surface area (Å²) in [5, 5.41) is 2.74. The van der Waals surface area contributed by atoms with Gasteiger partial charge in [0.2, 0.25) is 5.91 Å². The number of pyridine rings is 1. The van der Waals surface area contributed by atoms with Gasteiger partial charge in [0.15, 0.2) is 5.13 Å². The molecule has 4 nitrogen and oxygen atoms in total. The molecule has 3 aromatic rings. The number of aromatic nitrogens is 2. The fourth-order valence-corrected chi connectivity index (χ4v) is 3.46. The van der Waals surface area contributed by atoms with E-state index < -0.39 is 0 Å². The highest BCUT2D eigenvalue weighted by atomic mass is 32.1.